The lowest BCUT2D eigenvalue weighted by Gasteiger charge is -2.11. The molecule has 0 aliphatic rings. The van der Waals surface area contributed by atoms with Crippen molar-refractivity contribution in [2.24, 2.45) is 0 Å². The van der Waals surface area contributed by atoms with Gasteiger partial charge in [0.15, 0.2) is 11.3 Å². The van der Waals surface area contributed by atoms with E-state index in [0.29, 0.717) is 0 Å². The van der Waals surface area contributed by atoms with Crippen LogP contribution in [0.4, 0.5) is 0 Å². The van der Waals surface area contributed by atoms with Gasteiger partial charge in [0.05, 0.1) is 44.1 Å². The van der Waals surface area contributed by atoms with Gasteiger partial charge in [0.1, 0.15) is 11.0 Å². The number of fused-ring (bicyclic) bond motifs is 22. The minimum absolute atomic E-state index is 0.866. The summed E-state index contributed by atoms with van der Waals surface area (Å²) in [6.45, 7) is 0. The van der Waals surface area contributed by atoms with Gasteiger partial charge in [0.2, 0.25) is 0 Å². The van der Waals surface area contributed by atoms with Crippen LogP contribution in [0.15, 0.2) is 243 Å². The fourth-order valence-electron chi connectivity index (χ4n) is 14.2. The molecule has 0 saturated heterocycles. The zero-order valence-electron chi connectivity index (χ0n) is 41.8. The van der Waals surface area contributed by atoms with Crippen LogP contribution >= 0.6 is 0 Å². The average Bonchev–Trinajstić information content (AvgIpc) is 4.37. The summed E-state index contributed by atoms with van der Waals surface area (Å²) in [5, 5.41) is 16.8. The second-order valence-electron chi connectivity index (χ2n) is 21.2. The van der Waals surface area contributed by atoms with Crippen molar-refractivity contribution in [1.82, 2.24) is 27.9 Å². The van der Waals surface area contributed by atoms with Crippen molar-refractivity contribution < 1.29 is 0 Å². The van der Waals surface area contributed by atoms with Crippen LogP contribution in [0.1, 0.15) is 0 Å². The number of aromatic nitrogens is 6. The van der Waals surface area contributed by atoms with Crippen LogP contribution in [0.25, 0.3) is 175 Å². The van der Waals surface area contributed by atoms with Crippen molar-refractivity contribution in [1.29, 1.82) is 0 Å². The highest BCUT2D eigenvalue weighted by atomic mass is 15.1. The lowest BCUT2D eigenvalue weighted by Crippen LogP contribution is -1.94. The SMILES string of the molecule is c1ccc(-n2c3ccccc3c3cc(-c4cc5ccccc5c5c6cccc7c8nc9c(nc8n(c45)c76)c4cc5ccccc5c5c6cccc(-c7ccc8c(c7)c7ccccc7n8-c7ccccc7)c6n9c45)ccc32)cc1. The minimum atomic E-state index is 0.866. The molecule has 0 spiro atoms. The Balaban J connectivity index is 0.925. The van der Waals surface area contributed by atoms with Crippen molar-refractivity contribution >= 4 is 142 Å². The average molecular weight is 989 g/mol. The highest BCUT2D eigenvalue weighted by Gasteiger charge is 2.29. The highest BCUT2D eigenvalue weighted by Crippen LogP contribution is 2.49. The van der Waals surface area contributed by atoms with Gasteiger partial charge in [-0.2, -0.15) is 0 Å². The molecule has 0 aliphatic carbocycles. The van der Waals surface area contributed by atoms with Crippen molar-refractivity contribution in [3.63, 3.8) is 0 Å². The topological polar surface area (TPSA) is 44.5 Å². The smallest absolute Gasteiger partial charge is 0.165 e. The molecular weight excluding hydrogens is 949 g/mol. The molecule has 0 fully saturated rings. The largest absolute Gasteiger partial charge is 0.309 e. The molecule has 358 valence electrons. The fourth-order valence-corrected chi connectivity index (χ4v) is 14.2. The first-order valence-corrected chi connectivity index (χ1v) is 26.8. The number of hydrogen-bond acceptors (Lipinski definition) is 2. The Morgan fingerprint density at radius 3 is 1.33 bits per heavy atom. The summed E-state index contributed by atoms with van der Waals surface area (Å²) < 4.78 is 9.69. The summed E-state index contributed by atoms with van der Waals surface area (Å²) >= 11 is 0. The van der Waals surface area contributed by atoms with Crippen LogP contribution in [-0.2, 0) is 0 Å². The summed E-state index contributed by atoms with van der Waals surface area (Å²) in [7, 11) is 0. The van der Waals surface area contributed by atoms with Crippen LogP contribution in [0.3, 0.4) is 0 Å². The number of benzene rings is 12. The van der Waals surface area contributed by atoms with E-state index in [1.54, 1.807) is 0 Å². The van der Waals surface area contributed by atoms with E-state index in [2.05, 4.69) is 261 Å². The third-order valence-electron chi connectivity index (χ3n) is 17.3. The van der Waals surface area contributed by atoms with E-state index >= 15 is 0 Å². The van der Waals surface area contributed by atoms with Gasteiger partial charge >= 0.3 is 0 Å². The molecule has 0 unspecified atom stereocenters. The first-order valence-electron chi connectivity index (χ1n) is 26.8. The van der Waals surface area contributed by atoms with Crippen LogP contribution < -0.4 is 0 Å². The molecular formula is C72H40N6. The molecule has 12 aromatic carbocycles. The van der Waals surface area contributed by atoms with Crippen molar-refractivity contribution in [2.45, 2.75) is 0 Å². The van der Waals surface area contributed by atoms with Crippen LogP contribution in [0.2, 0.25) is 0 Å². The summed E-state index contributed by atoms with van der Waals surface area (Å²) in [5.41, 5.74) is 19.8. The Hall–Kier alpha value is -10.6. The van der Waals surface area contributed by atoms with E-state index in [1.165, 1.54) is 92.3 Å². The molecule has 0 N–H and O–H groups in total. The Morgan fingerprint density at radius 1 is 0.256 bits per heavy atom. The lowest BCUT2D eigenvalue weighted by atomic mass is 9.95. The second-order valence-corrected chi connectivity index (χ2v) is 21.2. The first-order chi connectivity index (χ1) is 38.7. The summed E-state index contributed by atoms with van der Waals surface area (Å²) in [6.07, 6.45) is 0. The Morgan fingerprint density at radius 2 is 0.705 bits per heavy atom. The van der Waals surface area contributed by atoms with Crippen LogP contribution in [-0.4, -0.2) is 27.9 Å². The Kier molecular flexibility index (Phi) is 7.65. The predicted molar refractivity (Wildman–Crippen MR) is 326 cm³/mol. The third-order valence-corrected chi connectivity index (χ3v) is 17.3. The molecule has 6 heteroatoms. The summed E-state index contributed by atoms with van der Waals surface area (Å²) in [4.78, 5) is 11.9. The normalized spacial score (nSPS) is 12.6. The summed E-state index contributed by atoms with van der Waals surface area (Å²) in [5.74, 6) is 0. The van der Waals surface area contributed by atoms with Gasteiger partial charge in [-0.05, 0) is 105 Å². The number of para-hydroxylation sites is 6. The lowest BCUT2D eigenvalue weighted by molar-refractivity contribution is 1.18. The molecule has 0 atom stereocenters. The zero-order chi connectivity index (χ0) is 50.5. The van der Waals surface area contributed by atoms with Gasteiger partial charge in [-0.25, -0.2) is 9.97 Å². The Bertz CT molecular complexity index is 5800. The van der Waals surface area contributed by atoms with E-state index in [-0.39, 0.29) is 0 Å². The molecule has 0 aliphatic heterocycles. The van der Waals surface area contributed by atoms with Gasteiger partial charge in [0, 0.05) is 76.4 Å². The van der Waals surface area contributed by atoms with Crippen LogP contribution in [0, 0.1) is 0 Å². The minimum Gasteiger partial charge on any atom is -0.309 e. The van der Waals surface area contributed by atoms with Gasteiger partial charge in [0.25, 0.3) is 0 Å². The maximum Gasteiger partial charge on any atom is 0.165 e. The van der Waals surface area contributed by atoms with E-state index in [4.69, 9.17) is 9.97 Å². The predicted octanol–water partition coefficient (Wildman–Crippen LogP) is 18.6. The second kappa shape index (κ2) is 14.6. The molecule has 0 bridgehead atoms. The highest BCUT2D eigenvalue weighted by molar-refractivity contribution is 6.34. The number of nitrogens with zero attached hydrogens (tertiary/aromatic N) is 6. The molecule has 0 amide bonds. The molecule has 6 nitrogen and oxygen atoms in total. The standard InChI is InChI=1S/C72H40N6/c1-3-19-45(20-4-1)75-59-31-13-11-25-50(59)56-38-43(33-35-61(56)75)49-27-15-28-52-64-48-24-10-8-18-42(48)40-58-66-72(77(67(49)52)70(58)64)73-65-54-30-16-29-53-63-47-23-9-7-17-41(47)37-55(69(63)78(68(53)54)71(65)74-66)44-34-36-62-57(39-44)51-26-12-14-32-60(51)76(62)46-21-5-2-6-22-46/h1-40H. The number of rotatable bonds is 4. The van der Waals surface area contributed by atoms with E-state index in [0.717, 1.165) is 83.2 Å². The van der Waals surface area contributed by atoms with Crippen molar-refractivity contribution in [3.8, 4) is 33.6 Å². The van der Waals surface area contributed by atoms with Crippen LogP contribution in [0.5, 0.6) is 0 Å². The maximum atomic E-state index is 5.95. The maximum absolute atomic E-state index is 5.95. The van der Waals surface area contributed by atoms with Gasteiger partial charge in [-0.15, -0.1) is 0 Å². The molecule has 7 aromatic heterocycles. The Labute approximate surface area is 443 Å². The molecule has 19 rings (SSSR count). The molecule has 19 aromatic rings. The van der Waals surface area contributed by atoms with E-state index in [1.807, 2.05) is 0 Å². The molecule has 0 radical (unpaired) electrons. The first kappa shape index (κ1) is 40.8. The zero-order valence-corrected chi connectivity index (χ0v) is 41.8. The summed E-state index contributed by atoms with van der Waals surface area (Å²) in [6, 6.07) is 89.2. The quantitative estimate of drug-likeness (QED) is 0.176. The van der Waals surface area contributed by atoms with Gasteiger partial charge in [-0.3, -0.25) is 8.80 Å². The monoisotopic (exact) mass is 988 g/mol. The van der Waals surface area contributed by atoms with E-state index < -0.39 is 0 Å². The number of hydrogen-bond donors (Lipinski definition) is 0. The fraction of sp³-hybridized carbons (Fsp3) is 0. The van der Waals surface area contributed by atoms with Gasteiger partial charge in [-0.1, -0.05) is 170 Å². The van der Waals surface area contributed by atoms with Gasteiger partial charge < -0.3 is 9.13 Å². The van der Waals surface area contributed by atoms with Crippen molar-refractivity contribution in [3.05, 3.63) is 243 Å². The van der Waals surface area contributed by atoms with Crippen molar-refractivity contribution in [2.75, 3.05) is 0 Å². The van der Waals surface area contributed by atoms with E-state index in [9.17, 15) is 0 Å². The molecule has 7 heterocycles. The molecule has 78 heavy (non-hydrogen) atoms. The molecule has 0 saturated carbocycles. The third kappa shape index (κ3) is 5.07.